The normalized spacial score (nSPS) is 12.6. The van der Waals surface area contributed by atoms with Gasteiger partial charge in [0.05, 0.1) is 25.4 Å². The van der Waals surface area contributed by atoms with Gasteiger partial charge in [-0.25, -0.2) is 0 Å². The van der Waals surface area contributed by atoms with E-state index in [0.717, 1.165) is 51.4 Å². The summed E-state index contributed by atoms with van der Waals surface area (Å²) in [6, 6.07) is -0.542. The molecule has 0 aliphatic rings. The largest absolute Gasteiger partial charge is 0.466 e. The third-order valence-corrected chi connectivity index (χ3v) is 20.2. The number of hydrogen-bond acceptors (Lipinski definition) is 5. The van der Waals surface area contributed by atoms with Crippen LogP contribution in [0, 0.1) is 0 Å². The summed E-state index contributed by atoms with van der Waals surface area (Å²) < 4.78 is 5.51. The molecule has 0 aliphatic carbocycles. The van der Waals surface area contributed by atoms with Crippen molar-refractivity contribution in [1.82, 2.24) is 5.32 Å². The van der Waals surface area contributed by atoms with Gasteiger partial charge in [-0.3, -0.25) is 9.59 Å². The van der Waals surface area contributed by atoms with Crippen LogP contribution in [-0.2, 0) is 14.3 Å². The average molecular weight is 1310 g/mol. The molecule has 0 bridgehead atoms. The lowest BCUT2D eigenvalue weighted by Crippen LogP contribution is -2.45. The summed E-state index contributed by atoms with van der Waals surface area (Å²) in [4.78, 5) is 24.7. The topological polar surface area (TPSA) is 95.9 Å². The first-order chi connectivity index (χ1) is 46.0. The van der Waals surface area contributed by atoms with E-state index in [1.807, 2.05) is 0 Å². The lowest BCUT2D eigenvalue weighted by atomic mass is 10.0. The third kappa shape index (κ3) is 79.0. The van der Waals surface area contributed by atoms with Gasteiger partial charge in [-0.05, 0) is 83.5 Å². The smallest absolute Gasteiger partial charge is 0.305 e. The fourth-order valence-electron chi connectivity index (χ4n) is 13.7. The molecule has 550 valence electrons. The number of rotatable bonds is 81. The van der Waals surface area contributed by atoms with Crippen LogP contribution in [0.4, 0.5) is 0 Å². The molecule has 0 aromatic carbocycles. The number of aliphatic hydroxyl groups excluding tert-OH is 2. The van der Waals surface area contributed by atoms with E-state index in [0.29, 0.717) is 25.9 Å². The molecule has 6 nitrogen and oxygen atoms in total. The monoisotopic (exact) mass is 1310 g/mol. The van der Waals surface area contributed by atoms with Crippen molar-refractivity contribution in [1.29, 1.82) is 0 Å². The SMILES string of the molecule is CCCCCCCC/C=C\CCCCCCCCCC(=O)OCCCCCCCCCCCCC/C=C\C/C=C\CCCCCCCCCCCCCCCCCCCC(=O)NC(CO)C(O)CCCCCCCCCCCCCCCCCCCCCCCCCC. The van der Waals surface area contributed by atoms with Gasteiger partial charge in [0.25, 0.3) is 0 Å². The zero-order valence-electron chi connectivity index (χ0n) is 63.3. The highest BCUT2D eigenvalue weighted by Gasteiger charge is 2.20. The summed E-state index contributed by atoms with van der Waals surface area (Å²) in [5.41, 5.74) is 0. The van der Waals surface area contributed by atoms with Crippen LogP contribution < -0.4 is 5.32 Å². The van der Waals surface area contributed by atoms with Gasteiger partial charge in [0.2, 0.25) is 5.91 Å². The Morgan fingerprint density at radius 2 is 0.538 bits per heavy atom. The Hall–Kier alpha value is -1.92. The van der Waals surface area contributed by atoms with E-state index < -0.39 is 12.1 Å². The van der Waals surface area contributed by atoms with Crippen molar-refractivity contribution in [2.24, 2.45) is 0 Å². The maximum absolute atomic E-state index is 12.6. The quantitative estimate of drug-likeness (QED) is 0.0320. The number of esters is 1. The van der Waals surface area contributed by atoms with Crippen molar-refractivity contribution in [2.75, 3.05) is 13.2 Å². The zero-order valence-corrected chi connectivity index (χ0v) is 63.3. The molecule has 0 rings (SSSR count). The maximum atomic E-state index is 12.6. The summed E-state index contributed by atoms with van der Waals surface area (Å²) in [6.07, 6.45) is 108. The number of hydrogen-bond donors (Lipinski definition) is 3. The van der Waals surface area contributed by atoms with Gasteiger partial charge in [0, 0.05) is 12.8 Å². The number of carbonyl (C=O) groups excluding carboxylic acids is 2. The Kier molecular flexibility index (Phi) is 80.8. The molecule has 1 amide bonds. The predicted octanol–water partition coefficient (Wildman–Crippen LogP) is 28.6. The van der Waals surface area contributed by atoms with Crippen LogP contribution >= 0.6 is 0 Å². The Labute approximate surface area is 583 Å². The Morgan fingerprint density at radius 1 is 0.301 bits per heavy atom. The third-order valence-electron chi connectivity index (χ3n) is 20.2. The number of nitrogens with one attached hydrogen (secondary N) is 1. The molecule has 6 heteroatoms. The van der Waals surface area contributed by atoms with Crippen molar-refractivity contribution in [3.05, 3.63) is 36.5 Å². The van der Waals surface area contributed by atoms with E-state index in [2.05, 4.69) is 55.6 Å². The van der Waals surface area contributed by atoms with Crippen molar-refractivity contribution < 1.29 is 24.5 Å². The van der Waals surface area contributed by atoms with Crippen LogP contribution in [0.2, 0.25) is 0 Å². The van der Waals surface area contributed by atoms with Gasteiger partial charge < -0.3 is 20.3 Å². The highest BCUT2D eigenvalue weighted by Crippen LogP contribution is 2.20. The number of ether oxygens (including phenoxy) is 1. The first kappa shape index (κ1) is 91.1. The van der Waals surface area contributed by atoms with Crippen LogP contribution in [0.5, 0.6) is 0 Å². The van der Waals surface area contributed by atoms with Crippen LogP contribution in [-0.4, -0.2) is 47.4 Å². The molecular weight excluding hydrogens is 1140 g/mol. The second-order valence-corrected chi connectivity index (χ2v) is 29.5. The van der Waals surface area contributed by atoms with Crippen molar-refractivity contribution >= 4 is 11.9 Å². The first-order valence-electron chi connectivity index (χ1n) is 42.7. The molecule has 0 radical (unpaired) electrons. The molecule has 3 N–H and O–H groups in total. The highest BCUT2D eigenvalue weighted by atomic mass is 16.5. The molecule has 0 saturated carbocycles. The molecule has 2 unspecified atom stereocenters. The second kappa shape index (κ2) is 82.5. The minimum absolute atomic E-state index is 0.0144. The van der Waals surface area contributed by atoms with E-state index in [4.69, 9.17) is 4.74 Å². The Bertz CT molecular complexity index is 1510. The maximum Gasteiger partial charge on any atom is 0.305 e. The summed E-state index contributed by atoms with van der Waals surface area (Å²) in [5, 5.41) is 23.5. The van der Waals surface area contributed by atoms with E-state index in [-0.39, 0.29) is 18.5 Å². The van der Waals surface area contributed by atoms with Crippen LogP contribution in [0.15, 0.2) is 36.5 Å². The highest BCUT2D eigenvalue weighted by molar-refractivity contribution is 5.76. The van der Waals surface area contributed by atoms with Crippen molar-refractivity contribution in [3.8, 4) is 0 Å². The number of carbonyl (C=O) groups is 2. The Balaban J connectivity index is 3.37. The Morgan fingerprint density at radius 3 is 0.828 bits per heavy atom. The molecule has 0 heterocycles. The minimum atomic E-state index is -0.665. The van der Waals surface area contributed by atoms with Crippen molar-refractivity contribution in [3.63, 3.8) is 0 Å². The fourth-order valence-corrected chi connectivity index (χ4v) is 13.7. The van der Waals surface area contributed by atoms with Gasteiger partial charge in [-0.1, -0.05) is 423 Å². The van der Waals surface area contributed by atoms with Gasteiger partial charge in [0.1, 0.15) is 0 Å². The number of aliphatic hydroxyl groups is 2. The fraction of sp³-hybridized carbons (Fsp3) is 0.908. The molecule has 2 atom stereocenters. The molecule has 93 heavy (non-hydrogen) atoms. The second-order valence-electron chi connectivity index (χ2n) is 29.5. The van der Waals surface area contributed by atoms with Gasteiger partial charge in [-0.15, -0.1) is 0 Å². The molecule has 0 saturated heterocycles. The first-order valence-corrected chi connectivity index (χ1v) is 42.7. The molecule has 0 aromatic heterocycles. The molecule has 0 aliphatic heterocycles. The summed E-state index contributed by atoms with van der Waals surface area (Å²) in [6.45, 7) is 5.00. The van der Waals surface area contributed by atoms with Crippen LogP contribution in [0.3, 0.4) is 0 Å². The minimum Gasteiger partial charge on any atom is -0.466 e. The standard InChI is InChI=1S/C87H167NO5/c1-3-5-7-9-11-13-15-17-19-21-22-23-24-38-41-44-48-51-55-59-63-67-71-75-79-85(90)84(83-89)88-86(91)80-76-72-68-64-60-56-52-49-45-42-39-36-34-32-30-28-26-25-27-29-31-33-35-37-40-43-46-50-54-58-62-66-70-74-78-82-93-87(92)81-77-73-69-65-61-57-53-47-20-18-16-14-12-10-8-6-4-2/h18,20,27,29,33,35,84-85,89-90H,3-17,19,21-26,28,30-32,34,36-83H2,1-2H3,(H,88,91)/b20-18-,29-27-,35-33-. The average Bonchev–Trinajstić information content (AvgIpc) is 3.78. The van der Waals surface area contributed by atoms with E-state index in [1.54, 1.807) is 0 Å². The predicted molar refractivity (Wildman–Crippen MR) is 412 cm³/mol. The molecule has 0 fully saturated rings. The van der Waals surface area contributed by atoms with Crippen molar-refractivity contribution in [2.45, 2.75) is 495 Å². The van der Waals surface area contributed by atoms with Crippen LogP contribution in [0.1, 0.15) is 483 Å². The summed E-state index contributed by atoms with van der Waals surface area (Å²) in [5.74, 6) is -0.0124. The number of amides is 1. The summed E-state index contributed by atoms with van der Waals surface area (Å²) in [7, 11) is 0. The van der Waals surface area contributed by atoms with E-state index in [9.17, 15) is 19.8 Å². The van der Waals surface area contributed by atoms with Gasteiger partial charge >= 0.3 is 5.97 Å². The van der Waals surface area contributed by atoms with E-state index in [1.165, 1.54) is 398 Å². The molecule has 0 spiro atoms. The lowest BCUT2D eigenvalue weighted by Gasteiger charge is -2.22. The van der Waals surface area contributed by atoms with E-state index >= 15 is 0 Å². The summed E-state index contributed by atoms with van der Waals surface area (Å²) >= 11 is 0. The molecule has 0 aromatic rings. The van der Waals surface area contributed by atoms with Gasteiger partial charge in [0.15, 0.2) is 0 Å². The van der Waals surface area contributed by atoms with Gasteiger partial charge in [-0.2, -0.15) is 0 Å². The molecular formula is C87H167NO5. The lowest BCUT2D eigenvalue weighted by molar-refractivity contribution is -0.143. The number of unbranched alkanes of at least 4 members (excludes halogenated alkanes) is 64. The number of allylic oxidation sites excluding steroid dienone is 6. The van der Waals surface area contributed by atoms with Crippen LogP contribution in [0.25, 0.3) is 0 Å². The zero-order chi connectivity index (χ0) is 67.0.